The number of rotatable bonds is 3. The first kappa shape index (κ1) is 3.93. The lowest BCUT2D eigenvalue weighted by Crippen LogP contribution is -2.18. The Morgan fingerprint density at radius 1 is 1.33 bits per heavy atom. The number of hydrogen-bond donors (Lipinski definition) is 0. The van der Waals surface area contributed by atoms with E-state index in [-0.39, 0.29) is 12.5 Å². The van der Waals surface area contributed by atoms with E-state index in [1.165, 1.54) is 0 Å². The van der Waals surface area contributed by atoms with E-state index in [9.17, 15) is 0 Å². The Labute approximate surface area is 83.4 Å². The van der Waals surface area contributed by atoms with Crippen LogP contribution in [0.4, 0.5) is 0 Å². The van der Waals surface area contributed by atoms with Gasteiger partial charge >= 0.3 is 0 Å². The summed E-state index contributed by atoms with van der Waals surface area (Å²) in [7, 11) is 0. The van der Waals surface area contributed by atoms with Crippen molar-refractivity contribution in [3.8, 4) is 0 Å². The molecule has 0 aromatic heterocycles. The molecule has 1 rings (SSSR count). The van der Waals surface area contributed by atoms with Gasteiger partial charge in [-0.15, -0.1) is 0 Å². The van der Waals surface area contributed by atoms with Crippen LogP contribution < -0.4 is 0 Å². The highest BCUT2D eigenvalue weighted by Crippen LogP contribution is 2.14. The number of nitrogens with zero attached hydrogens (tertiary/aromatic N) is 1. The Morgan fingerprint density at radius 3 is 2.58 bits per heavy atom. The van der Waals surface area contributed by atoms with Gasteiger partial charge in [0, 0.05) is 14.8 Å². The lowest BCUT2D eigenvalue weighted by atomic mass is 10.0. The molecule has 0 aliphatic carbocycles. The lowest BCUT2D eigenvalue weighted by Gasteiger charge is -2.16. The molecule has 0 bridgehead atoms. The van der Waals surface area contributed by atoms with Gasteiger partial charge in [-0.05, 0) is 25.4 Å². The Balaban J connectivity index is 2.86. The molecule has 1 atom stereocenters. The lowest BCUT2D eigenvalue weighted by molar-refractivity contribution is 0.383. The largest absolute Gasteiger partial charge is 0.309 e. The van der Waals surface area contributed by atoms with Crippen LogP contribution in [0.3, 0.4) is 0 Å². The maximum absolute atomic E-state index is 7.30. The molecule has 0 saturated heterocycles. The fraction of sp³-hybridized carbons (Fsp3) is 0.455. The number of hydrogen-bond acceptors (Lipinski definition) is 1. The van der Waals surface area contributed by atoms with E-state index in [0.717, 1.165) is 5.56 Å². The fourth-order valence-electron chi connectivity index (χ4n) is 1.16. The molecule has 0 aliphatic rings. The summed E-state index contributed by atoms with van der Waals surface area (Å²) < 4.78 is 43.8. The molecule has 0 N–H and O–H groups in total. The minimum Gasteiger partial charge on any atom is -0.309 e. The molecular formula is C11H17N. The van der Waals surface area contributed by atoms with Gasteiger partial charge in [0.2, 0.25) is 0 Å². The second-order valence-corrected chi connectivity index (χ2v) is 2.92. The van der Waals surface area contributed by atoms with Gasteiger partial charge in [0.05, 0.1) is 0 Å². The molecular weight excluding hydrogens is 146 g/mol. The third kappa shape index (κ3) is 2.67. The smallest absolute Gasteiger partial charge is 0.0394 e. The second-order valence-electron chi connectivity index (χ2n) is 2.92. The van der Waals surface area contributed by atoms with E-state index in [1.54, 1.807) is 0 Å². The van der Waals surface area contributed by atoms with Gasteiger partial charge < -0.3 is 4.90 Å². The highest BCUT2D eigenvalue weighted by molar-refractivity contribution is 5.18. The van der Waals surface area contributed by atoms with E-state index in [0.29, 0.717) is 4.90 Å². The fourth-order valence-corrected chi connectivity index (χ4v) is 1.16. The standard InChI is InChI=1S/C11H17N/c1-10(9-12(2)3)11-7-5-4-6-8-11/h4-8,10H,9H2,1-3H3/i2D3,3D3. The van der Waals surface area contributed by atoms with Crippen molar-refractivity contribution in [1.29, 1.82) is 0 Å². The monoisotopic (exact) mass is 169 g/mol. The molecule has 12 heavy (non-hydrogen) atoms. The Bertz CT molecular complexity index is 355. The van der Waals surface area contributed by atoms with Crippen LogP contribution in [0, 0.1) is 0 Å². The van der Waals surface area contributed by atoms with Gasteiger partial charge in [-0.25, -0.2) is 0 Å². The predicted octanol–water partition coefficient (Wildman–Crippen LogP) is 2.35. The first-order chi connectivity index (χ1) is 8.12. The Kier molecular flexibility index (Phi) is 1.40. The van der Waals surface area contributed by atoms with Crippen LogP contribution in [0.1, 0.15) is 26.6 Å². The summed E-state index contributed by atoms with van der Waals surface area (Å²) in [6.07, 6.45) is 0. The van der Waals surface area contributed by atoms with Crippen molar-refractivity contribution in [2.45, 2.75) is 12.8 Å². The van der Waals surface area contributed by atoms with Crippen LogP contribution in [0.5, 0.6) is 0 Å². The topological polar surface area (TPSA) is 3.24 Å². The summed E-state index contributed by atoms with van der Waals surface area (Å²) >= 11 is 0. The van der Waals surface area contributed by atoms with Gasteiger partial charge in [-0.3, -0.25) is 0 Å². The van der Waals surface area contributed by atoms with Crippen molar-refractivity contribution in [2.75, 3.05) is 20.5 Å². The molecule has 1 aromatic rings. The minimum absolute atomic E-state index is 0.0307. The third-order valence-electron chi connectivity index (χ3n) is 1.83. The van der Waals surface area contributed by atoms with Crippen LogP contribution in [-0.4, -0.2) is 25.4 Å². The highest BCUT2D eigenvalue weighted by atomic mass is 15.1. The Hall–Kier alpha value is -0.820. The van der Waals surface area contributed by atoms with Crippen LogP contribution in [-0.2, 0) is 0 Å². The van der Waals surface area contributed by atoms with Crippen LogP contribution in [0.25, 0.3) is 0 Å². The summed E-state index contributed by atoms with van der Waals surface area (Å²) in [5.74, 6) is -0.160. The molecule has 1 nitrogen and oxygen atoms in total. The van der Waals surface area contributed by atoms with E-state index in [2.05, 4.69) is 0 Å². The van der Waals surface area contributed by atoms with Crippen molar-refractivity contribution in [2.24, 2.45) is 0 Å². The van der Waals surface area contributed by atoms with Crippen molar-refractivity contribution < 1.29 is 8.22 Å². The summed E-state index contributed by atoms with van der Waals surface area (Å²) in [6.45, 7) is -3.45. The number of likely N-dealkylation sites (N-methyl/N-ethyl adjacent to an activating group) is 1. The SMILES string of the molecule is [2H]C([2H])([2H])N(CC(C)c1ccccc1)C([2H])([2H])[2H]. The van der Waals surface area contributed by atoms with Gasteiger partial charge in [0.25, 0.3) is 0 Å². The summed E-state index contributed by atoms with van der Waals surface area (Å²) in [6, 6.07) is 9.28. The van der Waals surface area contributed by atoms with E-state index in [4.69, 9.17) is 8.22 Å². The molecule has 1 heteroatoms. The van der Waals surface area contributed by atoms with Gasteiger partial charge in [0.15, 0.2) is 0 Å². The predicted molar refractivity (Wildman–Crippen MR) is 53.4 cm³/mol. The minimum atomic E-state index is -2.62. The average Bonchev–Trinajstić information content (AvgIpc) is 2.23. The first-order valence-electron chi connectivity index (χ1n) is 6.95. The van der Waals surface area contributed by atoms with Gasteiger partial charge in [0.1, 0.15) is 0 Å². The molecule has 0 aliphatic heterocycles. The quantitative estimate of drug-likeness (QED) is 0.671. The van der Waals surface area contributed by atoms with Gasteiger partial charge in [-0.1, -0.05) is 37.3 Å². The molecule has 0 radical (unpaired) electrons. The summed E-state index contributed by atoms with van der Waals surface area (Å²) in [4.78, 5) is 0.595. The average molecular weight is 169 g/mol. The van der Waals surface area contributed by atoms with Crippen molar-refractivity contribution in [3.05, 3.63) is 35.9 Å². The van der Waals surface area contributed by atoms with Crippen LogP contribution >= 0.6 is 0 Å². The van der Waals surface area contributed by atoms with Crippen molar-refractivity contribution in [3.63, 3.8) is 0 Å². The van der Waals surface area contributed by atoms with E-state index in [1.807, 2.05) is 37.3 Å². The van der Waals surface area contributed by atoms with E-state index < -0.39 is 14.0 Å². The third-order valence-corrected chi connectivity index (χ3v) is 1.83. The normalized spacial score (nSPS) is 22.8. The van der Waals surface area contributed by atoms with Gasteiger partial charge in [-0.2, -0.15) is 0 Å². The van der Waals surface area contributed by atoms with Crippen molar-refractivity contribution >= 4 is 0 Å². The molecule has 0 amide bonds. The van der Waals surface area contributed by atoms with Crippen molar-refractivity contribution in [1.82, 2.24) is 4.90 Å². The maximum atomic E-state index is 7.30. The number of benzene rings is 1. The molecule has 0 heterocycles. The van der Waals surface area contributed by atoms with E-state index >= 15 is 0 Å². The highest BCUT2D eigenvalue weighted by Gasteiger charge is 2.04. The molecule has 0 spiro atoms. The Morgan fingerprint density at radius 2 is 2.00 bits per heavy atom. The zero-order valence-electron chi connectivity index (χ0n) is 13.1. The van der Waals surface area contributed by atoms with Crippen LogP contribution in [0.15, 0.2) is 30.3 Å². The zero-order valence-corrected chi connectivity index (χ0v) is 7.12. The molecule has 1 unspecified atom stereocenters. The maximum Gasteiger partial charge on any atom is 0.0394 e. The molecule has 0 fully saturated rings. The molecule has 1 aromatic carbocycles. The van der Waals surface area contributed by atoms with Crippen LogP contribution in [0.2, 0.25) is 0 Å². The summed E-state index contributed by atoms with van der Waals surface area (Å²) in [5, 5.41) is 0. The second kappa shape index (κ2) is 4.27. The molecule has 0 saturated carbocycles. The summed E-state index contributed by atoms with van der Waals surface area (Å²) in [5.41, 5.74) is 0.927. The first-order valence-corrected chi connectivity index (χ1v) is 3.95. The zero-order chi connectivity index (χ0) is 14.0. The molecule has 66 valence electrons.